The lowest BCUT2D eigenvalue weighted by Crippen LogP contribution is -2.37. The van der Waals surface area contributed by atoms with Gasteiger partial charge in [0, 0.05) is 13.6 Å². The highest BCUT2D eigenvalue weighted by Crippen LogP contribution is 2.19. The molecule has 0 radical (unpaired) electrons. The van der Waals surface area contributed by atoms with Crippen LogP contribution in [-0.2, 0) is 18.3 Å². The van der Waals surface area contributed by atoms with Crippen molar-refractivity contribution in [3.63, 3.8) is 0 Å². The van der Waals surface area contributed by atoms with Crippen molar-refractivity contribution in [2.75, 3.05) is 6.54 Å². The Bertz CT molecular complexity index is 734. The molecule has 1 heterocycles. The maximum atomic E-state index is 12.0. The molecule has 8 heteroatoms. The van der Waals surface area contributed by atoms with Gasteiger partial charge in [0.15, 0.2) is 0 Å². The van der Waals surface area contributed by atoms with Crippen LogP contribution in [0.4, 0.5) is 13.2 Å². The molecule has 1 aromatic carbocycles. The van der Waals surface area contributed by atoms with E-state index in [1.807, 2.05) is 23.5 Å². The smallest absolute Gasteiger partial charge is 0.348 e. The average Bonchev–Trinajstić information content (AvgIpc) is 2.72. The van der Waals surface area contributed by atoms with Gasteiger partial charge in [0.05, 0.1) is 10.2 Å². The summed E-state index contributed by atoms with van der Waals surface area (Å²) in [5.74, 6) is -1.90. The molecule has 2 rings (SSSR count). The number of nitrogens with zero attached hydrogens (tertiary/aromatic N) is 1. The van der Waals surface area contributed by atoms with E-state index in [1.54, 1.807) is 11.6 Å². The number of aromatic nitrogens is 1. The third-order valence-corrected chi connectivity index (χ3v) is 4.29. The van der Waals surface area contributed by atoms with Crippen LogP contribution in [0.3, 0.4) is 0 Å². The molecule has 1 aromatic heterocycles. The molecule has 0 aliphatic heterocycles. The first-order valence-electron chi connectivity index (χ1n) is 6.72. The van der Waals surface area contributed by atoms with Crippen molar-refractivity contribution in [3.05, 3.63) is 33.4 Å². The summed E-state index contributed by atoms with van der Waals surface area (Å²) in [5.41, 5.74) is 1.90. The largest absolute Gasteiger partial charge is 0.471 e. The molecule has 1 amide bonds. The summed E-state index contributed by atoms with van der Waals surface area (Å²) in [6.45, 7) is -0.000736. The SMILES string of the molecule is Cn1c(=O)sc2cc(CCCCNC(=O)C(F)(F)F)ccc21. The second kappa shape index (κ2) is 6.51. The van der Waals surface area contributed by atoms with Crippen molar-refractivity contribution in [2.24, 2.45) is 7.05 Å². The molecule has 0 aliphatic carbocycles. The third kappa shape index (κ3) is 3.88. The minimum atomic E-state index is -4.82. The highest BCUT2D eigenvalue weighted by atomic mass is 32.1. The fraction of sp³-hybridized carbons (Fsp3) is 0.429. The number of thiazole rings is 1. The lowest BCUT2D eigenvalue weighted by molar-refractivity contribution is -0.173. The summed E-state index contributed by atoms with van der Waals surface area (Å²) in [6, 6.07) is 5.70. The monoisotopic (exact) mass is 332 g/mol. The number of halogens is 3. The van der Waals surface area contributed by atoms with E-state index in [0.29, 0.717) is 19.3 Å². The molecule has 0 bridgehead atoms. The van der Waals surface area contributed by atoms with Gasteiger partial charge in [-0.25, -0.2) is 0 Å². The summed E-state index contributed by atoms with van der Waals surface area (Å²) >= 11 is 1.17. The van der Waals surface area contributed by atoms with E-state index in [2.05, 4.69) is 0 Å². The molecule has 0 fully saturated rings. The van der Waals surface area contributed by atoms with E-state index < -0.39 is 12.1 Å². The Labute approximate surface area is 128 Å². The van der Waals surface area contributed by atoms with Gasteiger partial charge in [-0.15, -0.1) is 0 Å². The molecule has 4 nitrogen and oxygen atoms in total. The fourth-order valence-electron chi connectivity index (χ4n) is 2.09. The number of fused-ring (bicyclic) bond motifs is 1. The van der Waals surface area contributed by atoms with E-state index in [0.717, 1.165) is 15.8 Å². The molecule has 0 aliphatic rings. The number of carbonyl (C=O) groups is 1. The van der Waals surface area contributed by atoms with Gasteiger partial charge in [-0.3, -0.25) is 9.59 Å². The zero-order chi connectivity index (χ0) is 16.3. The Morgan fingerprint density at radius 2 is 2.05 bits per heavy atom. The van der Waals surface area contributed by atoms with E-state index in [4.69, 9.17) is 0 Å². The third-order valence-electron chi connectivity index (χ3n) is 3.29. The van der Waals surface area contributed by atoms with Crippen molar-refractivity contribution < 1.29 is 18.0 Å². The van der Waals surface area contributed by atoms with Gasteiger partial charge < -0.3 is 9.88 Å². The number of carbonyl (C=O) groups excluding carboxylic acids is 1. The number of hydrogen-bond donors (Lipinski definition) is 1. The molecule has 0 spiro atoms. The van der Waals surface area contributed by atoms with Gasteiger partial charge in [-0.1, -0.05) is 17.4 Å². The van der Waals surface area contributed by atoms with Crippen LogP contribution in [0.15, 0.2) is 23.0 Å². The van der Waals surface area contributed by atoms with Crippen LogP contribution < -0.4 is 10.2 Å². The van der Waals surface area contributed by atoms with Gasteiger partial charge in [0.2, 0.25) is 0 Å². The molecule has 1 N–H and O–H groups in total. The van der Waals surface area contributed by atoms with Crippen LogP contribution in [0.5, 0.6) is 0 Å². The average molecular weight is 332 g/mol. The van der Waals surface area contributed by atoms with E-state index >= 15 is 0 Å². The lowest BCUT2D eigenvalue weighted by Gasteiger charge is -2.07. The molecular weight excluding hydrogens is 317 g/mol. The molecular formula is C14H15F3N2O2S. The van der Waals surface area contributed by atoms with Crippen LogP contribution in [0.25, 0.3) is 10.2 Å². The summed E-state index contributed by atoms with van der Waals surface area (Å²) in [4.78, 5) is 22.1. The van der Waals surface area contributed by atoms with Crippen molar-refractivity contribution >= 4 is 27.5 Å². The van der Waals surface area contributed by atoms with Crippen molar-refractivity contribution in [1.82, 2.24) is 9.88 Å². The summed E-state index contributed by atoms with van der Waals surface area (Å²) in [7, 11) is 1.71. The summed E-state index contributed by atoms with van der Waals surface area (Å²) < 4.78 is 38.4. The van der Waals surface area contributed by atoms with Gasteiger partial charge in [-0.2, -0.15) is 13.2 Å². The van der Waals surface area contributed by atoms with Crippen LogP contribution in [0.1, 0.15) is 18.4 Å². The number of hydrogen-bond acceptors (Lipinski definition) is 3. The molecule has 22 heavy (non-hydrogen) atoms. The molecule has 120 valence electrons. The first-order chi connectivity index (χ1) is 10.3. The molecule has 2 aromatic rings. The predicted molar refractivity (Wildman–Crippen MR) is 79.1 cm³/mol. The van der Waals surface area contributed by atoms with Gasteiger partial charge in [-0.05, 0) is 37.0 Å². The fourth-order valence-corrected chi connectivity index (χ4v) is 3.03. The molecule has 0 saturated carbocycles. The van der Waals surface area contributed by atoms with E-state index in [-0.39, 0.29) is 11.4 Å². The van der Waals surface area contributed by atoms with E-state index in [9.17, 15) is 22.8 Å². The Morgan fingerprint density at radius 1 is 1.32 bits per heavy atom. The van der Waals surface area contributed by atoms with Gasteiger partial charge in [0.1, 0.15) is 0 Å². The zero-order valence-corrected chi connectivity index (χ0v) is 12.7. The number of amides is 1. The summed E-state index contributed by atoms with van der Waals surface area (Å²) in [5, 5.41) is 1.84. The molecule has 0 atom stereocenters. The lowest BCUT2D eigenvalue weighted by atomic mass is 10.1. The number of rotatable bonds is 5. The second-order valence-corrected chi connectivity index (χ2v) is 5.93. The highest BCUT2D eigenvalue weighted by Gasteiger charge is 2.38. The first-order valence-corrected chi connectivity index (χ1v) is 7.54. The maximum absolute atomic E-state index is 12.0. The Kier molecular flexibility index (Phi) is 4.90. The van der Waals surface area contributed by atoms with Gasteiger partial charge >= 0.3 is 17.0 Å². The Morgan fingerprint density at radius 3 is 2.73 bits per heavy atom. The van der Waals surface area contributed by atoms with Gasteiger partial charge in [0.25, 0.3) is 0 Å². The minimum absolute atomic E-state index is 0.000736. The zero-order valence-electron chi connectivity index (χ0n) is 11.9. The minimum Gasteiger partial charge on any atom is -0.348 e. The standard InChI is InChI=1S/C14H15F3N2O2S/c1-19-10-6-5-9(8-11(10)22-13(19)21)4-2-3-7-18-12(20)14(15,16)17/h5-6,8H,2-4,7H2,1H3,(H,18,20). The number of unbranched alkanes of at least 4 members (excludes halogenated alkanes) is 1. The summed E-state index contributed by atoms with van der Waals surface area (Å²) in [6.07, 6.45) is -3.01. The topological polar surface area (TPSA) is 51.1 Å². The van der Waals surface area contributed by atoms with Crippen LogP contribution in [0.2, 0.25) is 0 Å². The molecule has 0 saturated heterocycles. The van der Waals surface area contributed by atoms with E-state index in [1.165, 1.54) is 11.3 Å². The second-order valence-electron chi connectivity index (χ2n) is 4.94. The van der Waals surface area contributed by atoms with Crippen LogP contribution >= 0.6 is 11.3 Å². The van der Waals surface area contributed by atoms with Crippen LogP contribution in [0, 0.1) is 0 Å². The predicted octanol–water partition coefficient (Wildman–Crippen LogP) is 2.60. The maximum Gasteiger partial charge on any atom is 0.471 e. The first kappa shape index (κ1) is 16.5. The number of nitrogens with one attached hydrogen (secondary N) is 1. The Hall–Kier alpha value is -1.83. The quantitative estimate of drug-likeness (QED) is 0.856. The van der Waals surface area contributed by atoms with Crippen LogP contribution in [-0.4, -0.2) is 23.2 Å². The van der Waals surface area contributed by atoms with Crippen molar-refractivity contribution in [2.45, 2.75) is 25.4 Å². The normalized spacial score (nSPS) is 11.8. The van der Waals surface area contributed by atoms with Crippen molar-refractivity contribution in [1.29, 1.82) is 0 Å². The number of aryl methyl sites for hydroxylation is 2. The molecule has 0 unspecified atom stereocenters. The highest BCUT2D eigenvalue weighted by molar-refractivity contribution is 7.16. The number of alkyl halides is 3. The van der Waals surface area contributed by atoms with Crippen molar-refractivity contribution in [3.8, 4) is 0 Å². The Balaban J connectivity index is 1.83. The number of benzene rings is 1.